The smallest absolute Gasteiger partial charge is 0.219 e. The molecule has 0 aliphatic rings. The quantitative estimate of drug-likeness (QED) is 0.484. The minimum Gasteiger partial charge on any atom is -0.399 e. The molecule has 5 N–H and O–H groups in total. The highest BCUT2D eigenvalue weighted by atomic mass is 32.2. The van der Waals surface area contributed by atoms with Crippen LogP contribution in [0.2, 0.25) is 0 Å². The third kappa shape index (κ3) is 7.35. The summed E-state index contributed by atoms with van der Waals surface area (Å²) in [4.78, 5) is 11.8. The zero-order valence-electron chi connectivity index (χ0n) is 12.1. The van der Waals surface area contributed by atoms with Gasteiger partial charge in [0.2, 0.25) is 15.9 Å². The second-order valence-corrected chi connectivity index (χ2v) is 8.38. The number of benzene rings is 1. The Kier molecular flexibility index (Phi) is 6.06. The minimum absolute atomic E-state index is 0.0470. The number of amides is 1. The van der Waals surface area contributed by atoms with E-state index in [1.807, 2.05) is 12.1 Å². The predicted molar refractivity (Wildman–Crippen MR) is 86.4 cm³/mol. The largest absolute Gasteiger partial charge is 0.399 e. The number of nitrogens with two attached hydrogens (primary N) is 2. The van der Waals surface area contributed by atoms with Crippen molar-refractivity contribution in [2.75, 3.05) is 17.2 Å². The summed E-state index contributed by atoms with van der Waals surface area (Å²) in [7, 11) is -3.48. The van der Waals surface area contributed by atoms with Gasteiger partial charge in [-0.05, 0) is 32.0 Å². The van der Waals surface area contributed by atoms with Gasteiger partial charge in [0.25, 0.3) is 0 Å². The molecule has 0 unspecified atom stereocenters. The number of rotatable bonds is 8. The van der Waals surface area contributed by atoms with Crippen molar-refractivity contribution >= 4 is 33.4 Å². The lowest BCUT2D eigenvalue weighted by Gasteiger charge is -2.24. The molecule has 6 nitrogen and oxygen atoms in total. The van der Waals surface area contributed by atoms with E-state index in [0.717, 1.165) is 4.90 Å². The summed E-state index contributed by atoms with van der Waals surface area (Å²) in [6, 6.07) is 7.26. The molecule has 0 aromatic heterocycles. The van der Waals surface area contributed by atoms with Gasteiger partial charge in [-0.3, -0.25) is 4.79 Å². The first-order valence-electron chi connectivity index (χ1n) is 6.38. The van der Waals surface area contributed by atoms with Crippen LogP contribution >= 0.6 is 11.8 Å². The Labute approximate surface area is 129 Å². The molecule has 0 aliphatic carbocycles. The molecule has 1 aromatic rings. The number of carbonyl (C=O) groups is 1. The lowest BCUT2D eigenvalue weighted by atomic mass is 10.0. The van der Waals surface area contributed by atoms with Crippen molar-refractivity contribution in [1.82, 2.24) is 4.72 Å². The molecule has 0 atom stereocenters. The zero-order valence-corrected chi connectivity index (χ0v) is 13.8. The van der Waals surface area contributed by atoms with Crippen LogP contribution in [-0.2, 0) is 14.8 Å². The first-order valence-corrected chi connectivity index (χ1v) is 9.02. The van der Waals surface area contributed by atoms with E-state index in [9.17, 15) is 13.2 Å². The van der Waals surface area contributed by atoms with Crippen LogP contribution in [0.4, 0.5) is 5.69 Å². The van der Waals surface area contributed by atoms with E-state index >= 15 is 0 Å². The number of carbonyl (C=O) groups excluding carboxylic acids is 1. The van der Waals surface area contributed by atoms with Crippen LogP contribution in [0.1, 0.15) is 20.3 Å². The van der Waals surface area contributed by atoms with E-state index < -0.39 is 21.5 Å². The molecule has 21 heavy (non-hydrogen) atoms. The van der Waals surface area contributed by atoms with E-state index in [4.69, 9.17) is 11.5 Å². The van der Waals surface area contributed by atoms with E-state index in [2.05, 4.69) is 4.72 Å². The molecule has 1 aromatic carbocycles. The van der Waals surface area contributed by atoms with Gasteiger partial charge in [-0.2, -0.15) is 0 Å². The number of nitrogen functional groups attached to an aromatic ring is 1. The summed E-state index contributed by atoms with van der Waals surface area (Å²) in [5.74, 6) is -0.197. The van der Waals surface area contributed by atoms with Gasteiger partial charge in [-0.15, -0.1) is 11.8 Å². The molecule has 0 heterocycles. The first kappa shape index (κ1) is 17.8. The highest BCUT2D eigenvalue weighted by Crippen LogP contribution is 2.20. The lowest BCUT2D eigenvalue weighted by Crippen LogP contribution is -2.47. The number of nitrogens with one attached hydrogen (secondary N) is 1. The highest BCUT2D eigenvalue weighted by molar-refractivity contribution is 8.00. The number of hydrogen-bond donors (Lipinski definition) is 3. The summed E-state index contributed by atoms with van der Waals surface area (Å²) in [5.41, 5.74) is 10.5. The van der Waals surface area contributed by atoms with Gasteiger partial charge in [-0.25, -0.2) is 13.1 Å². The molecule has 0 bridgehead atoms. The maximum atomic E-state index is 12.0. The van der Waals surface area contributed by atoms with E-state index in [-0.39, 0.29) is 12.2 Å². The molecule has 0 spiro atoms. The molecule has 8 heteroatoms. The fourth-order valence-corrected chi connectivity index (χ4v) is 4.67. The van der Waals surface area contributed by atoms with Crippen molar-refractivity contribution in [1.29, 1.82) is 0 Å². The molecule has 118 valence electrons. The van der Waals surface area contributed by atoms with Crippen LogP contribution in [0.25, 0.3) is 0 Å². The van der Waals surface area contributed by atoms with Crippen LogP contribution in [0.5, 0.6) is 0 Å². The fourth-order valence-electron chi connectivity index (χ4n) is 1.82. The molecule has 1 amide bonds. The topological polar surface area (TPSA) is 115 Å². The Balaban J connectivity index is 2.51. The Morgan fingerprint density at radius 2 is 2.05 bits per heavy atom. The normalized spacial score (nSPS) is 12.3. The molecule has 1 rings (SSSR count). The van der Waals surface area contributed by atoms with Crippen molar-refractivity contribution < 1.29 is 13.2 Å². The van der Waals surface area contributed by atoms with Crippen LogP contribution in [-0.4, -0.2) is 31.4 Å². The third-order valence-electron chi connectivity index (χ3n) is 2.53. The Morgan fingerprint density at radius 1 is 1.38 bits per heavy atom. The van der Waals surface area contributed by atoms with Gasteiger partial charge < -0.3 is 11.5 Å². The summed E-state index contributed by atoms with van der Waals surface area (Å²) >= 11 is 1.41. The maximum absolute atomic E-state index is 12.0. The zero-order chi connectivity index (χ0) is 16.1. The average Bonchev–Trinajstić information content (AvgIpc) is 2.24. The van der Waals surface area contributed by atoms with Crippen molar-refractivity contribution in [3.63, 3.8) is 0 Å². The molecule has 0 fully saturated rings. The Hall–Kier alpha value is -1.25. The molecule has 0 saturated carbocycles. The maximum Gasteiger partial charge on any atom is 0.219 e. The molecular weight excluding hydrogens is 310 g/mol. The second kappa shape index (κ2) is 7.15. The van der Waals surface area contributed by atoms with E-state index in [1.54, 1.807) is 26.0 Å². The monoisotopic (exact) mass is 331 g/mol. The number of hydrogen-bond acceptors (Lipinski definition) is 5. The van der Waals surface area contributed by atoms with Gasteiger partial charge in [-0.1, -0.05) is 6.07 Å². The van der Waals surface area contributed by atoms with Gasteiger partial charge in [0.15, 0.2) is 0 Å². The van der Waals surface area contributed by atoms with E-state index in [1.165, 1.54) is 11.8 Å². The number of primary amides is 1. The molecule has 0 saturated heterocycles. The van der Waals surface area contributed by atoms with Crippen LogP contribution < -0.4 is 16.2 Å². The van der Waals surface area contributed by atoms with Crippen LogP contribution in [0.15, 0.2) is 29.2 Å². The van der Waals surface area contributed by atoms with Crippen molar-refractivity contribution in [3.8, 4) is 0 Å². The molecular formula is C13H21N3O3S2. The lowest BCUT2D eigenvalue weighted by molar-refractivity contribution is -0.119. The number of sulfonamides is 1. The summed E-state index contributed by atoms with van der Waals surface area (Å²) in [6.07, 6.45) is -0.0470. The first-order chi connectivity index (χ1) is 9.60. The van der Waals surface area contributed by atoms with Crippen molar-refractivity contribution in [2.45, 2.75) is 30.7 Å². The van der Waals surface area contributed by atoms with Crippen molar-refractivity contribution in [3.05, 3.63) is 24.3 Å². The van der Waals surface area contributed by atoms with Crippen LogP contribution in [0, 0.1) is 0 Å². The fraction of sp³-hybridized carbons (Fsp3) is 0.462. The summed E-state index contributed by atoms with van der Waals surface area (Å²) in [6.45, 7) is 3.25. The van der Waals surface area contributed by atoms with Gasteiger partial charge in [0.05, 0.1) is 5.75 Å². The highest BCUT2D eigenvalue weighted by Gasteiger charge is 2.26. The molecule has 0 radical (unpaired) electrons. The minimum atomic E-state index is -3.48. The summed E-state index contributed by atoms with van der Waals surface area (Å²) < 4.78 is 26.5. The Bertz CT molecular complexity index is 600. The average molecular weight is 331 g/mol. The third-order valence-corrected chi connectivity index (χ3v) is 5.39. The Morgan fingerprint density at radius 3 is 2.62 bits per heavy atom. The number of thioether (sulfide) groups is 1. The van der Waals surface area contributed by atoms with E-state index in [0.29, 0.717) is 11.4 Å². The molecule has 0 aliphatic heterocycles. The second-order valence-electron chi connectivity index (χ2n) is 5.37. The number of anilines is 1. The van der Waals surface area contributed by atoms with Crippen molar-refractivity contribution in [2.24, 2.45) is 5.73 Å². The predicted octanol–water partition coefficient (Wildman–Crippen LogP) is 0.934. The standard InChI is InChI=1S/C13H21N3O3S2/c1-13(2,9-12(15)17)16-21(18,19)7-6-20-11-5-3-4-10(14)8-11/h3-5,8,16H,6-7,9,14H2,1-2H3,(H2,15,17). The van der Waals surface area contributed by atoms with Gasteiger partial charge in [0.1, 0.15) is 0 Å². The SMILES string of the molecule is CC(C)(CC(N)=O)NS(=O)(=O)CCSc1cccc(N)c1. The van der Waals surface area contributed by atoms with Crippen LogP contribution in [0.3, 0.4) is 0 Å². The summed E-state index contributed by atoms with van der Waals surface area (Å²) in [5, 5.41) is 0. The van der Waals surface area contributed by atoms with Gasteiger partial charge >= 0.3 is 0 Å². The van der Waals surface area contributed by atoms with Gasteiger partial charge in [0, 0.05) is 28.3 Å².